The molecule has 11 aromatic carbocycles. The number of aliphatic hydroxyl groups excluding tert-OH is 3. The van der Waals surface area contributed by atoms with Crippen LogP contribution in [0.5, 0.6) is 0 Å². The quantitative estimate of drug-likeness (QED) is 0.0362. The van der Waals surface area contributed by atoms with Crippen LogP contribution < -0.4 is 0 Å². The summed E-state index contributed by atoms with van der Waals surface area (Å²) in [5, 5.41) is 49.1. The molecule has 0 fully saturated rings. The third-order valence-corrected chi connectivity index (χ3v) is 21.2. The second kappa shape index (κ2) is 42.6. The van der Waals surface area contributed by atoms with Crippen molar-refractivity contribution in [2.45, 2.75) is 185 Å². The molecule has 119 heavy (non-hydrogen) atoms. The fourth-order valence-corrected chi connectivity index (χ4v) is 14.2. The molecule has 3 radical (unpaired) electrons. The van der Waals surface area contributed by atoms with Crippen molar-refractivity contribution in [3.05, 3.63) is 293 Å². The Labute approximate surface area is 747 Å². The summed E-state index contributed by atoms with van der Waals surface area (Å²) in [7, 11) is 0. The van der Waals surface area contributed by atoms with E-state index in [0.29, 0.717) is 11.5 Å². The third kappa shape index (κ3) is 25.3. The molecule has 0 aliphatic heterocycles. The fourth-order valence-electron chi connectivity index (χ4n) is 14.2. The van der Waals surface area contributed by atoms with Gasteiger partial charge < -0.3 is 30.3 Å². The average molecular weight is 2120 g/mol. The summed E-state index contributed by atoms with van der Waals surface area (Å²) in [5.41, 5.74) is 13.4. The van der Waals surface area contributed by atoms with Crippen molar-refractivity contribution in [1.82, 2.24) is 15.0 Å². The van der Waals surface area contributed by atoms with Gasteiger partial charge in [-0.3, -0.25) is 14.4 Å². The van der Waals surface area contributed by atoms with Gasteiger partial charge in [0.05, 0.1) is 35.0 Å². The van der Waals surface area contributed by atoms with Gasteiger partial charge in [-0.25, -0.2) is 0 Å². The van der Waals surface area contributed by atoms with E-state index in [9.17, 15) is 29.7 Å². The van der Waals surface area contributed by atoms with Crippen molar-refractivity contribution < 1.29 is 90.0 Å². The summed E-state index contributed by atoms with van der Waals surface area (Å²) in [5.74, 6) is 1.84. The number of hydrogen-bond donors (Lipinski definition) is 3. The largest absolute Gasteiger partial charge is 0.512 e. The predicted octanol–water partition coefficient (Wildman–Crippen LogP) is 29.0. The van der Waals surface area contributed by atoms with Crippen LogP contribution in [0, 0.1) is 100 Å². The Morgan fingerprint density at radius 1 is 0.319 bits per heavy atom. The van der Waals surface area contributed by atoms with Crippen LogP contribution in [0.15, 0.2) is 236 Å². The van der Waals surface area contributed by atoms with E-state index in [-0.39, 0.29) is 117 Å². The molecule has 0 atom stereocenters. The Hall–Kier alpha value is -9.47. The maximum atomic E-state index is 9.80. The maximum absolute atomic E-state index is 9.80. The molecule has 0 bridgehead atoms. The molecular formula is C107H121Ir3N3O6. The van der Waals surface area contributed by atoms with Crippen LogP contribution in [0.4, 0.5) is 0 Å². The minimum atomic E-state index is -0.306. The van der Waals surface area contributed by atoms with Crippen LogP contribution in [0.25, 0.3) is 120 Å². The van der Waals surface area contributed by atoms with Gasteiger partial charge in [0.25, 0.3) is 0 Å². The first-order valence-electron chi connectivity index (χ1n) is 40.8. The number of carbonyl (C=O) groups excluding carboxylic acids is 3. The first-order chi connectivity index (χ1) is 54.7. The molecule has 0 amide bonds. The van der Waals surface area contributed by atoms with Gasteiger partial charge in [-0.05, 0) is 196 Å². The standard InChI is InChI=1S/2C25H18N.C22H18N.C13H24O2.2C11H20O2.3Ir/c2*1-16-13-17(2)15-19(14-16)25-24-10-9-21-20-6-4-3-5-18(20)7-8-22(21)23(24)11-12-26-25;1-14-4-5-17-6-7-20-19(21(17)13-14)8-9-23-22(20)18-11-15(2)10-16(3)12-18;1-5-10(6-2)12(14)9-13(15)11(7-3)8-4;2*1-10(2,3)8(12)7-9(13)11(4,5)6;;;/h2*3-14H,1-2H3;4-11,13H,1-3H3;9-11,14H,5-8H2,1-4H3;2*7,12H,1-6H3;;;/q3*-1;;;;;;/p+3. The molecule has 14 aromatic rings. The van der Waals surface area contributed by atoms with Gasteiger partial charge in [0.2, 0.25) is 0 Å². The minimum absolute atomic E-state index is 0. The first-order valence-corrected chi connectivity index (χ1v) is 40.8. The molecule has 0 spiro atoms. The molecule has 0 saturated carbocycles. The van der Waals surface area contributed by atoms with E-state index in [1.165, 1.54) is 121 Å². The number of allylic oxidation sites excluding steroid dienone is 6. The van der Waals surface area contributed by atoms with E-state index >= 15 is 0 Å². The number of ketones is 3. The second-order valence-corrected chi connectivity index (χ2v) is 35.1. The van der Waals surface area contributed by atoms with Crippen molar-refractivity contribution in [3.63, 3.8) is 0 Å². The van der Waals surface area contributed by atoms with Crippen LogP contribution >= 0.6 is 0 Å². The summed E-state index contributed by atoms with van der Waals surface area (Å²) in [4.78, 5) is 43.1. The number of rotatable bonds is 12. The molecule has 12 heteroatoms. The number of fused-ring (bicyclic) bond motifs is 13. The summed E-state index contributed by atoms with van der Waals surface area (Å²) in [6.07, 6.45) is 13.8. The Morgan fingerprint density at radius 3 is 0.933 bits per heavy atom. The van der Waals surface area contributed by atoms with Crippen LogP contribution in [0.1, 0.15) is 175 Å². The zero-order valence-corrected chi connectivity index (χ0v) is 81.0. The summed E-state index contributed by atoms with van der Waals surface area (Å²) in [6.45, 7) is 45.7. The maximum Gasteiger partial charge on any atom is 0.325 e. The first kappa shape index (κ1) is 98.4. The van der Waals surface area contributed by atoms with Crippen LogP contribution in [-0.4, -0.2) is 62.0 Å². The molecule has 3 heterocycles. The van der Waals surface area contributed by atoms with E-state index < -0.39 is 0 Å². The zero-order valence-electron chi connectivity index (χ0n) is 73.8. The summed E-state index contributed by atoms with van der Waals surface area (Å²) < 4.78 is 0. The molecule has 0 aliphatic carbocycles. The summed E-state index contributed by atoms with van der Waals surface area (Å²) in [6, 6.07) is 75.5. The topological polar surface area (TPSA) is 164 Å². The Balaban J connectivity index is 0.000000226. The van der Waals surface area contributed by atoms with Crippen molar-refractivity contribution >= 4 is 104 Å². The van der Waals surface area contributed by atoms with Gasteiger partial charge in [0.1, 0.15) is 17.3 Å². The van der Waals surface area contributed by atoms with Gasteiger partial charge >= 0.3 is 17.3 Å². The van der Waals surface area contributed by atoms with Crippen molar-refractivity contribution in [2.75, 3.05) is 0 Å². The van der Waals surface area contributed by atoms with Crippen molar-refractivity contribution in [3.8, 4) is 33.8 Å². The zero-order chi connectivity index (χ0) is 84.9. The number of nitrogens with zero attached hydrogens (tertiary/aromatic N) is 3. The van der Waals surface area contributed by atoms with Gasteiger partial charge in [-0.15, -0.1) is 105 Å². The summed E-state index contributed by atoms with van der Waals surface area (Å²) >= 11 is 0. The van der Waals surface area contributed by atoms with E-state index in [0.717, 1.165) is 76.1 Å². The van der Waals surface area contributed by atoms with Crippen LogP contribution in [0.2, 0.25) is 0 Å². The molecule has 0 unspecified atom stereocenters. The van der Waals surface area contributed by atoms with E-state index in [2.05, 4.69) is 254 Å². The number of pyridine rings is 3. The second-order valence-electron chi connectivity index (χ2n) is 35.1. The number of aryl methyl sites for hydroxylation is 7. The fraction of sp³-hybridized carbons (Fsp3) is 0.308. The van der Waals surface area contributed by atoms with Gasteiger partial charge in [0.15, 0.2) is 0 Å². The Bertz CT molecular complexity index is 5720. The monoisotopic (exact) mass is 2120 g/mol. The average Bonchev–Trinajstić information content (AvgIpc) is 0.765. The molecule has 627 valence electrons. The number of aromatic nitrogens is 3. The van der Waals surface area contributed by atoms with Crippen molar-refractivity contribution in [1.29, 1.82) is 0 Å². The molecule has 9 nitrogen and oxygen atoms in total. The Morgan fingerprint density at radius 2 is 0.605 bits per heavy atom. The SMILES string of the molecule is CC(C)(C)C(=[OH+])C=C(O)C(C)(C)C.CC(C)(C)C(=[OH+])C=C(O)C(C)(C)C.CCC(CC)C(=[OH+])C=C(O)C(CC)CC.Cc1[c-]c(-c2nccc3c2ccc2c4ccccc4ccc32)cc(C)c1.Cc1[c-]c(-c2nccc3c2ccc2c4ccccc4ccc32)cc(C)c1.Cc1[c-]c(-c2nccc3c2ccc2ccc(C)cc23)cc(C)c1.[Ir].[Ir].[Ir]. The number of aliphatic hydroxyl groups is 3. The van der Waals surface area contributed by atoms with Gasteiger partial charge in [-0.2, -0.15) is 0 Å². The molecule has 14 rings (SSSR count). The molecule has 0 aliphatic rings. The minimum Gasteiger partial charge on any atom is -0.512 e. The van der Waals surface area contributed by atoms with Gasteiger partial charge in [-0.1, -0.05) is 244 Å². The van der Waals surface area contributed by atoms with Crippen LogP contribution in [0.3, 0.4) is 0 Å². The van der Waals surface area contributed by atoms with Crippen molar-refractivity contribution in [2.24, 2.45) is 33.5 Å². The van der Waals surface area contributed by atoms with Crippen LogP contribution in [-0.2, 0) is 60.3 Å². The smallest absolute Gasteiger partial charge is 0.325 e. The third-order valence-electron chi connectivity index (χ3n) is 21.2. The molecule has 6 N–H and O–H groups in total. The van der Waals surface area contributed by atoms with E-state index in [4.69, 9.17) is 9.97 Å². The Kier molecular flexibility index (Phi) is 35.2. The predicted molar refractivity (Wildman–Crippen MR) is 498 cm³/mol. The number of hydrogen-bond acceptors (Lipinski definition) is 6. The molecule has 0 saturated heterocycles. The van der Waals surface area contributed by atoms with E-state index in [1.54, 1.807) is 6.08 Å². The number of benzene rings is 11. The molecular weight excluding hydrogens is 2000 g/mol. The normalized spacial score (nSPS) is 11.9. The molecule has 3 aromatic heterocycles. The van der Waals surface area contributed by atoms with Gasteiger partial charge in [0, 0.05) is 95.7 Å². The van der Waals surface area contributed by atoms with E-state index in [1.807, 2.05) is 129 Å².